The number of amides is 1. The molecule has 0 radical (unpaired) electrons. The number of aromatic nitrogens is 5. The Morgan fingerprint density at radius 1 is 1.33 bits per heavy atom. The van der Waals surface area contributed by atoms with Gasteiger partial charge in [-0.3, -0.25) is 9.59 Å². The van der Waals surface area contributed by atoms with Crippen LogP contribution < -0.4 is 5.32 Å². The molecule has 0 saturated carbocycles. The number of rotatable bonds is 4. The smallest absolute Gasteiger partial charge is 0.325 e. The Bertz CT molecular complexity index is 567. The summed E-state index contributed by atoms with van der Waals surface area (Å²) in [5, 5.41) is 18.1. The van der Waals surface area contributed by atoms with Crippen molar-refractivity contribution in [3.05, 3.63) is 30.6 Å². The van der Waals surface area contributed by atoms with E-state index in [9.17, 15) is 9.59 Å². The first kappa shape index (κ1) is 11.6. The summed E-state index contributed by atoms with van der Waals surface area (Å²) in [5.74, 6) is -1.58. The van der Waals surface area contributed by atoms with E-state index >= 15 is 0 Å². The maximum atomic E-state index is 11.7. The van der Waals surface area contributed by atoms with Crippen LogP contribution in [-0.4, -0.2) is 41.9 Å². The number of hydrogen-bond donors (Lipinski definition) is 2. The van der Waals surface area contributed by atoms with Gasteiger partial charge in [0.1, 0.15) is 12.9 Å². The normalized spacial score (nSPS) is 10.0. The molecule has 92 valence electrons. The first-order chi connectivity index (χ1) is 8.65. The van der Waals surface area contributed by atoms with Crippen LogP contribution in [0.25, 0.3) is 0 Å². The van der Waals surface area contributed by atoms with Gasteiger partial charge >= 0.3 is 5.97 Å². The zero-order valence-corrected chi connectivity index (χ0v) is 9.02. The van der Waals surface area contributed by atoms with Crippen LogP contribution in [0.4, 0.5) is 5.69 Å². The molecule has 0 atom stereocenters. The predicted molar refractivity (Wildman–Crippen MR) is 57.6 cm³/mol. The first-order valence-corrected chi connectivity index (χ1v) is 4.83. The molecule has 2 N–H and O–H groups in total. The van der Waals surface area contributed by atoms with Gasteiger partial charge in [0.05, 0.1) is 24.3 Å². The third-order valence-electron chi connectivity index (χ3n) is 1.89. The van der Waals surface area contributed by atoms with Crippen molar-refractivity contribution < 1.29 is 14.7 Å². The van der Waals surface area contributed by atoms with E-state index in [-0.39, 0.29) is 12.2 Å². The zero-order chi connectivity index (χ0) is 13.0. The van der Waals surface area contributed by atoms with E-state index in [4.69, 9.17) is 5.11 Å². The number of nitrogens with one attached hydrogen (secondary N) is 1. The molecule has 2 rings (SSSR count). The molecule has 0 aliphatic heterocycles. The molecule has 0 aromatic carbocycles. The van der Waals surface area contributed by atoms with Crippen molar-refractivity contribution in [3.8, 4) is 0 Å². The SMILES string of the molecule is O=C(O)Cn1cc(C(=O)Nc2cncnc2)nn1. The molecule has 0 spiro atoms. The highest BCUT2D eigenvalue weighted by Gasteiger charge is 2.12. The molecule has 0 aliphatic rings. The van der Waals surface area contributed by atoms with E-state index < -0.39 is 11.9 Å². The molecule has 1 amide bonds. The van der Waals surface area contributed by atoms with Gasteiger partial charge in [0.15, 0.2) is 5.69 Å². The highest BCUT2D eigenvalue weighted by molar-refractivity contribution is 6.02. The van der Waals surface area contributed by atoms with Gasteiger partial charge in [-0.05, 0) is 0 Å². The Morgan fingerprint density at radius 2 is 2.06 bits per heavy atom. The van der Waals surface area contributed by atoms with Gasteiger partial charge in [-0.1, -0.05) is 5.21 Å². The van der Waals surface area contributed by atoms with Crippen LogP contribution >= 0.6 is 0 Å². The van der Waals surface area contributed by atoms with E-state index in [0.717, 1.165) is 4.68 Å². The summed E-state index contributed by atoms with van der Waals surface area (Å²) in [6.45, 7) is -0.352. The van der Waals surface area contributed by atoms with Crippen molar-refractivity contribution in [2.45, 2.75) is 6.54 Å². The second-order valence-corrected chi connectivity index (χ2v) is 3.28. The summed E-state index contributed by atoms with van der Waals surface area (Å²) < 4.78 is 1.05. The molecule has 0 fully saturated rings. The van der Waals surface area contributed by atoms with Crippen LogP contribution in [0, 0.1) is 0 Å². The molecule has 9 heteroatoms. The maximum absolute atomic E-state index is 11.7. The number of carboxylic acids is 1. The standard InChI is InChI=1S/C9H8N6O3/c16-8(17)4-15-3-7(13-14-15)9(18)12-6-1-10-5-11-2-6/h1-3,5H,4H2,(H,12,18)(H,16,17). The van der Waals surface area contributed by atoms with Gasteiger partial charge < -0.3 is 10.4 Å². The lowest BCUT2D eigenvalue weighted by Gasteiger charge is -1.99. The summed E-state index contributed by atoms with van der Waals surface area (Å²) in [5.41, 5.74) is 0.426. The van der Waals surface area contributed by atoms with Crippen LogP contribution in [0.3, 0.4) is 0 Å². The zero-order valence-electron chi connectivity index (χ0n) is 9.02. The van der Waals surface area contributed by atoms with Crippen LogP contribution in [-0.2, 0) is 11.3 Å². The molecule has 0 aliphatic carbocycles. The first-order valence-electron chi connectivity index (χ1n) is 4.83. The van der Waals surface area contributed by atoms with Crippen LogP contribution in [0.15, 0.2) is 24.9 Å². The van der Waals surface area contributed by atoms with E-state index in [1.807, 2.05) is 0 Å². The fraction of sp³-hybridized carbons (Fsp3) is 0.111. The van der Waals surface area contributed by atoms with Crippen LogP contribution in [0.5, 0.6) is 0 Å². The number of aliphatic carboxylic acids is 1. The van der Waals surface area contributed by atoms with Crippen molar-refractivity contribution in [2.24, 2.45) is 0 Å². The third-order valence-corrected chi connectivity index (χ3v) is 1.89. The third kappa shape index (κ3) is 2.84. The second kappa shape index (κ2) is 4.99. The van der Waals surface area contributed by atoms with Gasteiger partial charge in [-0.25, -0.2) is 14.6 Å². The average molecular weight is 248 g/mol. The monoisotopic (exact) mass is 248 g/mol. The van der Waals surface area contributed by atoms with Gasteiger partial charge in [0, 0.05) is 0 Å². The van der Waals surface area contributed by atoms with E-state index in [1.54, 1.807) is 0 Å². The summed E-state index contributed by atoms with van der Waals surface area (Å²) in [6, 6.07) is 0. The lowest BCUT2D eigenvalue weighted by molar-refractivity contribution is -0.137. The van der Waals surface area contributed by atoms with E-state index in [2.05, 4.69) is 25.6 Å². The number of carboxylic acid groups (broad SMARTS) is 1. The van der Waals surface area contributed by atoms with Crippen LogP contribution in [0.2, 0.25) is 0 Å². The number of anilines is 1. The van der Waals surface area contributed by atoms with Crippen molar-refractivity contribution >= 4 is 17.6 Å². The minimum absolute atomic E-state index is 0.0140. The summed E-state index contributed by atoms with van der Waals surface area (Å²) in [6.07, 6.45) is 5.42. The van der Waals surface area contributed by atoms with Crippen molar-refractivity contribution in [2.75, 3.05) is 5.32 Å². The molecule has 0 bridgehead atoms. The molecule has 0 unspecified atom stereocenters. The minimum Gasteiger partial charge on any atom is -0.480 e. The fourth-order valence-electron chi connectivity index (χ4n) is 1.18. The predicted octanol–water partition coefficient (Wildman–Crippen LogP) is -0.595. The fourth-order valence-corrected chi connectivity index (χ4v) is 1.18. The van der Waals surface area contributed by atoms with E-state index in [1.165, 1.54) is 24.9 Å². The van der Waals surface area contributed by atoms with Gasteiger partial charge in [0.2, 0.25) is 0 Å². The Kier molecular flexibility index (Phi) is 3.23. The Balaban J connectivity index is 2.05. The van der Waals surface area contributed by atoms with Crippen LogP contribution in [0.1, 0.15) is 10.5 Å². The molecule has 2 aromatic rings. The topological polar surface area (TPSA) is 123 Å². The summed E-state index contributed by atoms with van der Waals surface area (Å²) in [4.78, 5) is 29.6. The number of hydrogen-bond acceptors (Lipinski definition) is 6. The molecule has 0 saturated heterocycles. The van der Waals surface area contributed by atoms with Gasteiger partial charge in [0.25, 0.3) is 5.91 Å². The Morgan fingerprint density at radius 3 is 2.72 bits per heavy atom. The van der Waals surface area contributed by atoms with Crippen molar-refractivity contribution in [1.29, 1.82) is 0 Å². The molecule has 9 nitrogen and oxygen atoms in total. The van der Waals surface area contributed by atoms with Gasteiger partial charge in [-0.2, -0.15) is 0 Å². The quantitative estimate of drug-likeness (QED) is 0.740. The Labute approximate surface area is 100 Å². The number of nitrogens with zero attached hydrogens (tertiary/aromatic N) is 5. The minimum atomic E-state index is -1.07. The molecule has 18 heavy (non-hydrogen) atoms. The lowest BCUT2D eigenvalue weighted by Crippen LogP contribution is -2.13. The largest absolute Gasteiger partial charge is 0.480 e. The molecular weight excluding hydrogens is 240 g/mol. The molecule has 2 aromatic heterocycles. The molecular formula is C9H8N6O3. The average Bonchev–Trinajstić information content (AvgIpc) is 2.78. The van der Waals surface area contributed by atoms with Gasteiger partial charge in [-0.15, -0.1) is 5.10 Å². The second-order valence-electron chi connectivity index (χ2n) is 3.28. The van der Waals surface area contributed by atoms with E-state index in [0.29, 0.717) is 5.69 Å². The summed E-state index contributed by atoms with van der Waals surface area (Å²) >= 11 is 0. The number of carbonyl (C=O) groups excluding carboxylic acids is 1. The molecule has 2 heterocycles. The lowest BCUT2D eigenvalue weighted by atomic mass is 10.4. The maximum Gasteiger partial charge on any atom is 0.325 e. The van der Waals surface area contributed by atoms with Crippen molar-refractivity contribution in [3.63, 3.8) is 0 Å². The summed E-state index contributed by atoms with van der Waals surface area (Å²) in [7, 11) is 0. The number of carbonyl (C=O) groups is 2. The highest BCUT2D eigenvalue weighted by Crippen LogP contribution is 2.03. The Hall–Kier alpha value is -2.84. The van der Waals surface area contributed by atoms with Crippen molar-refractivity contribution in [1.82, 2.24) is 25.0 Å². The highest BCUT2D eigenvalue weighted by atomic mass is 16.4.